The number of hydrogen-bond donors (Lipinski definition) is 0. The minimum absolute atomic E-state index is 0.207. The van der Waals surface area contributed by atoms with E-state index >= 15 is 0 Å². The summed E-state index contributed by atoms with van der Waals surface area (Å²) in [7, 11) is 0. The number of Topliss-reactive ketones (excluding diaryl/α,β-unsaturated/α-hetero) is 1. The Labute approximate surface area is 111 Å². The van der Waals surface area contributed by atoms with Gasteiger partial charge in [-0.2, -0.15) is 0 Å². The first kappa shape index (κ1) is 14.9. The molecular formula is C16H25NO. The summed E-state index contributed by atoms with van der Waals surface area (Å²) >= 11 is 0. The second-order valence-electron chi connectivity index (χ2n) is 4.94. The molecule has 1 unspecified atom stereocenters. The smallest absolute Gasteiger partial charge is 0.166 e. The van der Waals surface area contributed by atoms with Gasteiger partial charge in [-0.15, -0.1) is 0 Å². The maximum absolute atomic E-state index is 12.4. The highest BCUT2D eigenvalue weighted by Gasteiger charge is 2.18. The van der Waals surface area contributed by atoms with Crippen molar-refractivity contribution in [2.75, 3.05) is 0 Å². The number of carbonyl (C=O) groups is 1. The summed E-state index contributed by atoms with van der Waals surface area (Å²) in [5.41, 5.74) is 0.822. The minimum Gasteiger partial charge on any atom is -0.294 e. The van der Waals surface area contributed by atoms with Gasteiger partial charge in [0, 0.05) is 23.9 Å². The number of hydrogen-bond acceptors (Lipinski definition) is 2. The molecule has 0 saturated heterocycles. The van der Waals surface area contributed by atoms with Crippen LogP contribution in [0.2, 0.25) is 0 Å². The Morgan fingerprint density at radius 3 is 2.28 bits per heavy atom. The maximum atomic E-state index is 12.4. The van der Waals surface area contributed by atoms with Gasteiger partial charge in [-0.05, 0) is 25.0 Å². The van der Waals surface area contributed by atoms with Gasteiger partial charge in [0.2, 0.25) is 0 Å². The first-order chi connectivity index (χ1) is 8.79. The summed E-state index contributed by atoms with van der Waals surface area (Å²) in [6.45, 7) is 4.38. The maximum Gasteiger partial charge on any atom is 0.166 e. The molecule has 0 bridgehead atoms. The van der Waals surface area contributed by atoms with Gasteiger partial charge in [-0.3, -0.25) is 9.78 Å². The highest BCUT2D eigenvalue weighted by Crippen LogP contribution is 2.21. The van der Waals surface area contributed by atoms with Gasteiger partial charge in [0.05, 0.1) is 0 Å². The molecule has 0 amide bonds. The Morgan fingerprint density at radius 1 is 1.06 bits per heavy atom. The third kappa shape index (κ3) is 4.99. The lowest BCUT2D eigenvalue weighted by Gasteiger charge is -2.15. The predicted octanol–water partition coefficient (Wildman–Crippen LogP) is 4.65. The van der Waals surface area contributed by atoms with Crippen molar-refractivity contribution < 1.29 is 4.79 Å². The highest BCUT2D eigenvalue weighted by molar-refractivity contribution is 5.97. The van der Waals surface area contributed by atoms with Crippen LogP contribution in [0.3, 0.4) is 0 Å². The molecule has 0 spiro atoms. The van der Waals surface area contributed by atoms with Crippen LogP contribution >= 0.6 is 0 Å². The molecule has 0 N–H and O–H groups in total. The number of pyridine rings is 1. The lowest BCUT2D eigenvalue weighted by atomic mass is 9.88. The van der Waals surface area contributed by atoms with Crippen molar-refractivity contribution in [2.24, 2.45) is 5.92 Å². The van der Waals surface area contributed by atoms with Crippen LogP contribution in [0.15, 0.2) is 24.5 Å². The predicted molar refractivity (Wildman–Crippen MR) is 75.7 cm³/mol. The fourth-order valence-corrected chi connectivity index (χ4v) is 2.25. The van der Waals surface area contributed by atoms with E-state index in [1.807, 2.05) is 12.1 Å². The van der Waals surface area contributed by atoms with Gasteiger partial charge in [-0.1, -0.05) is 46.0 Å². The van der Waals surface area contributed by atoms with Gasteiger partial charge in [0.25, 0.3) is 0 Å². The van der Waals surface area contributed by atoms with Crippen LogP contribution in [-0.2, 0) is 0 Å². The number of aromatic nitrogens is 1. The Balaban J connectivity index is 2.60. The normalized spacial score (nSPS) is 12.3. The molecule has 2 heteroatoms. The standard InChI is InChI=1S/C16H25NO/c1-3-5-7-9-14(8-6-4-2)16(18)15-10-12-17-13-11-15/h10-14H,3-9H2,1-2H3. The van der Waals surface area contributed by atoms with Crippen LogP contribution in [-0.4, -0.2) is 10.8 Å². The number of carbonyl (C=O) groups excluding carboxylic acids is 1. The zero-order valence-corrected chi connectivity index (χ0v) is 11.7. The number of nitrogens with zero attached hydrogens (tertiary/aromatic N) is 1. The molecule has 0 radical (unpaired) electrons. The molecule has 1 aromatic heterocycles. The van der Waals surface area contributed by atoms with Gasteiger partial charge < -0.3 is 0 Å². The van der Waals surface area contributed by atoms with E-state index in [9.17, 15) is 4.79 Å². The SMILES string of the molecule is CCCCCC(CCCC)C(=O)c1ccncc1. The van der Waals surface area contributed by atoms with E-state index < -0.39 is 0 Å². The summed E-state index contributed by atoms with van der Waals surface area (Å²) in [6, 6.07) is 3.67. The van der Waals surface area contributed by atoms with Crippen molar-refractivity contribution in [2.45, 2.75) is 58.8 Å². The largest absolute Gasteiger partial charge is 0.294 e. The molecule has 0 saturated carbocycles. The van der Waals surface area contributed by atoms with Crippen molar-refractivity contribution in [3.63, 3.8) is 0 Å². The summed E-state index contributed by atoms with van der Waals surface area (Å²) in [5.74, 6) is 0.515. The molecule has 0 aliphatic carbocycles. The van der Waals surface area contributed by atoms with Gasteiger partial charge in [-0.25, -0.2) is 0 Å². The fourth-order valence-electron chi connectivity index (χ4n) is 2.25. The summed E-state index contributed by atoms with van der Waals surface area (Å²) in [5, 5.41) is 0. The molecule has 18 heavy (non-hydrogen) atoms. The first-order valence-electron chi connectivity index (χ1n) is 7.23. The van der Waals surface area contributed by atoms with Crippen molar-refractivity contribution in [3.8, 4) is 0 Å². The van der Waals surface area contributed by atoms with Gasteiger partial charge >= 0.3 is 0 Å². The van der Waals surface area contributed by atoms with E-state index in [1.54, 1.807) is 12.4 Å². The van der Waals surface area contributed by atoms with Crippen LogP contribution in [0.1, 0.15) is 69.2 Å². The van der Waals surface area contributed by atoms with E-state index in [4.69, 9.17) is 0 Å². The molecule has 1 rings (SSSR count). The van der Waals surface area contributed by atoms with Crippen molar-refractivity contribution in [1.82, 2.24) is 4.98 Å². The van der Waals surface area contributed by atoms with Crippen LogP contribution in [0, 0.1) is 5.92 Å². The second kappa shape index (κ2) is 8.84. The van der Waals surface area contributed by atoms with E-state index in [1.165, 1.54) is 19.3 Å². The number of unbranched alkanes of at least 4 members (excludes halogenated alkanes) is 3. The van der Waals surface area contributed by atoms with Gasteiger partial charge in [0.15, 0.2) is 5.78 Å². The topological polar surface area (TPSA) is 30.0 Å². The Kier molecular flexibility index (Phi) is 7.31. The highest BCUT2D eigenvalue weighted by atomic mass is 16.1. The zero-order valence-electron chi connectivity index (χ0n) is 11.7. The molecule has 2 nitrogen and oxygen atoms in total. The molecule has 0 aromatic carbocycles. The van der Waals surface area contributed by atoms with E-state index in [-0.39, 0.29) is 5.92 Å². The lowest BCUT2D eigenvalue weighted by Crippen LogP contribution is -2.15. The molecule has 100 valence electrons. The fraction of sp³-hybridized carbons (Fsp3) is 0.625. The second-order valence-corrected chi connectivity index (χ2v) is 4.94. The molecule has 1 atom stereocenters. The Morgan fingerprint density at radius 2 is 1.67 bits per heavy atom. The van der Waals surface area contributed by atoms with E-state index in [0.29, 0.717) is 5.78 Å². The van der Waals surface area contributed by atoms with Crippen LogP contribution < -0.4 is 0 Å². The first-order valence-corrected chi connectivity index (χ1v) is 7.23. The van der Waals surface area contributed by atoms with Crippen LogP contribution in [0.25, 0.3) is 0 Å². The molecule has 0 aliphatic rings. The Bertz CT molecular complexity index is 334. The minimum atomic E-state index is 0.207. The Hall–Kier alpha value is -1.18. The van der Waals surface area contributed by atoms with Crippen molar-refractivity contribution in [1.29, 1.82) is 0 Å². The monoisotopic (exact) mass is 247 g/mol. The number of rotatable bonds is 9. The third-order valence-corrected chi connectivity index (χ3v) is 3.40. The molecule has 0 aliphatic heterocycles. The molecule has 0 fully saturated rings. The quantitative estimate of drug-likeness (QED) is 0.469. The summed E-state index contributed by atoms with van der Waals surface area (Å²) in [6.07, 6.45) is 11.4. The summed E-state index contributed by atoms with van der Waals surface area (Å²) in [4.78, 5) is 16.4. The van der Waals surface area contributed by atoms with Crippen molar-refractivity contribution >= 4 is 5.78 Å². The average Bonchev–Trinajstić information content (AvgIpc) is 2.43. The molecular weight excluding hydrogens is 222 g/mol. The molecule has 1 aromatic rings. The van der Waals surface area contributed by atoms with Crippen molar-refractivity contribution in [3.05, 3.63) is 30.1 Å². The number of ketones is 1. The average molecular weight is 247 g/mol. The van der Waals surface area contributed by atoms with E-state index in [0.717, 1.165) is 31.2 Å². The van der Waals surface area contributed by atoms with Crippen LogP contribution in [0.4, 0.5) is 0 Å². The molecule has 1 heterocycles. The zero-order chi connectivity index (χ0) is 13.2. The third-order valence-electron chi connectivity index (χ3n) is 3.40. The van der Waals surface area contributed by atoms with Crippen LogP contribution in [0.5, 0.6) is 0 Å². The van der Waals surface area contributed by atoms with E-state index in [2.05, 4.69) is 18.8 Å². The summed E-state index contributed by atoms with van der Waals surface area (Å²) < 4.78 is 0. The lowest BCUT2D eigenvalue weighted by molar-refractivity contribution is 0.0902. The van der Waals surface area contributed by atoms with Gasteiger partial charge in [0.1, 0.15) is 0 Å².